The third kappa shape index (κ3) is 2.25. The summed E-state index contributed by atoms with van der Waals surface area (Å²) in [6.45, 7) is 0.941. The Morgan fingerprint density at radius 1 is 1.44 bits per heavy atom. The molecule has 16 heavy (non-hydrogen) atoms. The predicted molar refractivity (Wildman–Crippen MR) is 64.3 cm³/mol. The van der Waals surface area contributed by atoms with Crippen molar-refractivity contribution in [3.05, 3.63) is 30.1 Å². The summed E-state index contributed by atoms with van der Waals surface area (Å²) < 4.78 is 0. The van der Waals surface area contributed by atoms with Crippen molar-refractivity contribution < 1.29 is 5.11 Å². The van der Waals surface area contributed by atoms with Crippen LogP contribution in [0.25, 0.3) is 0 Å². The number of nitrogens with one attached hydrogen (secondary N) is 1. The molecule has 0 unspecified atom stereocenters. The lowest BCUT2D eigenvalue weighted by atomic mass is 9.70. The molecule has 3 nitrogen and oxygen atoms in total. The van der Waals surface area contributed by atoms with Gasteiger partial charge in [0, 0.05) is 23.9 Å². The summed E-state index contributed by atoms with van der Waals surface area (Å²) in [6, 6.07) is 6.11. The molecule has 1 aromatic heterocycles. The molecule has 1 heterocycles. The number of likely N-dealkylation sites (N-methyl/N-ethyl adjacent to an activating group) is 1. The van der Waals surface area contributed by atoms with Crippen molar-refractivity contribution in [1.29, 1.82) is 0 Å². The fourth-order valence-electron chi connectivity index (χ4n) is 2.69. The normalized spacial score (nSPS) is 30.2. The fourth-order valence-corrected chi connectivity index (χ4v) is 2.69. The second-order valence-electron chi connectivity index (χ2n) is 4.76. The van der Waals surface area contributed by atoms with Crippen molar-refractivity contribution in [2.24, 2.45) is 0 Å². The van der Waals surface area contributed by atoms with Crippen LogP contribution in [0.2, 0.25) is 0 Å². The van der Waals surface area contributed by atoms with E-state index < -0.39 is 0 Å². The van der Waals surface area contributed by atoms with Crippen LogP contribution in [0.5, 0.6) is 0 Å². The van der Waals surface area contributed by atoms with Gasteiger partial charge in [-0.3, -0.25) is 4.98 Å². The Balaban J connectivity index is 2.22. The molecule has 3 heteroatoms. The Kier molecular flexibility index (Phi) is 3.56. The third-order valence-corrected chi connectivity index (χ3v) is 3.64. The minimum Gasteiger partial charge on any atom is -0.393 e. The van der Waals surface area contributed by atoms with Crippen LogP contribution in [0.4, 0.5) is 0 Å². The van der Waals surface area contributed by atoms with E-state index in [0.29, 0.717) is 0 Å². The first-order valence-electron chi connectivity index (χ1n) is 6.01. The number of aliphatic hydroxyl groups excluding tert-OH is 1. The van der Waals surface area contributed by atoms with Gasteiger partial charge in [-0.05, 0) is 44.9 Å². The summed E-state index contributed by atoms with van der Waals surface area (Å²) in [6.07, 6.45) is 5.56. The van der Waals surface area contributed by atoms with E-state index in [1.165, 1.54) is 0 Å². The summed E-state index contributed by atoms with van der Waals surface area (Å²) >= 11 is 0. The topological polar surface area (TPSA) is 45.2 Å². The van der Waals surface area contributed by atoms with E-state index in [0.717, 1.165) is 37.9 Å². The molecule has 0 bridgehead atoms. The lowest BCUT2D eigenvalue weighted by molar-refractivity contribution is 0.0939. The second kappa shape index (κ2) is 4.93. The van der Waals surface area contributed by atoms with Gasteiger partial charge in [-0.2, -0.15) is 0 Å². The zero-order valence-corrected chi connectivity index (χ0v) is 9.82. The van der Waals surface area contributed by atoms with Gasteiger partial charge in [0.2, 0.25) is 0 Å². The van der Waals surface area contributed by atoms with Gasteiger partial charge in [0.1, 0.15) is 0 Å². The van der Waals surface area contributed by atoms with Gasteiger partial charge in [-0.1, -0.05) is 6.07 Å². The van der Waals surface area contributed by atoms with Gasteiger partial charge in [-0.15, -0.1) is 0 Å². The molecule has 0 atom stereocenters. The van der Waals surface area contributed by atoms with Crippen molar-refractivity contribution in [3.8, 4) is 0 Å². The highest BCUT2D eigenvalue weighted by molar-refractivity contribution is 5.19. The van der Waals surface area contributed by atoms with Crippen LogP contribution in [0.3, 0.4) is 0 Å². The van der Waals surface area contributed by atoms with Gasteiger partial charge in [-0.25, -0.2) is 0 Å². The first-order chi connectivity index (χ1) is 7.77. The Morgan fingerprint density at radius 3 is 2.75 bits per heavy atom. The molecular formula is C13H20N2O. The number of pyridine rings is 1. The van der Waals surface area contributed by atoms with Crippen LogP contribution >= 0.6 is 0 Å². The molecule has 2 rings (SSSR count). The number of nitrogens with zero attached hydrogens (tertiary/aromatic N) is 1. The average Bonchev–Trinajstić information content (AvgIpc) is 2.34. The van der Waals surface area contributed by atoms with Crippen molar-refractivity contribution in [3.63, 3.8) is 0 Å². The van der Waals surface area contributed by atoms with E-state index >= 15 is 0 Å². The molecule has 1 fully saturated rings. The molecule has 0 saturated heterocycles. The minimum absolute atomic E-state index is 0.117. The number of aromatic nitrogens is 1. The van der Waals surface area contributed by atoms with Crippen molar-refractivity contribution in [2.75, 3.05) is 13.6 Å². The average molecular weight is 220 g/mol. The van der Waals surface area contributed by atoms with E-state index in [2.05, 4.69) is 16.4 Å². The van der Waals surface area contributed by atoms with Crippen molar-refractivity contribution in [1.82, 2.24) is 10.3 Å². The summed E-state index contributed by atoms with van der Waals surface area (Å²) in [7, 11) is 1.98. The molecular weight excluding hydrogens is 200 g/mol. The summed E-state index contributed by atoms with van der Waals surface area (Å²) in [5.74, 6) is 0. The highest BCUT2D eigenvalue weighted by atomic mass is 16.3. The predicted octanol–water partition coefficient (Wildman–Crippen LogP) is 1.47. The van der Waals surface area contributed by atoms with Crippen LogP contribution in [-0.2, 0) is 5.41 Å². The summed E-state index contributed by atoms with van der Waals surface area (Å²) in [5, 5.41) is 12.9. The summed E-state index contributed by atoms with van der Waals surface area (Å²) in [4.78, 5) is 4.50. The lowest BCUT2D eigenvalue weighted by Gasteiger charge is -2.38. The fraction of sp³-hybridized carbons (Fsp3) is 0.615. The molecule has 0 spiro atoms. The number of hydrogen-bond donors (Lipinski definition) is 2. The molecule has 0 aliphatic heterocycles. The highest BCUT2D eigenvalue weighted by Gasteiger charge is 2.36. The molecule has 1 aromatic rings. The monoisotopic (exact) mass is 220 g/mol. The Morgan fingerprint density at radius 2 is 2.19 bits per heavy atom. The minimum atomic E-state index is -0.117. The molecule has 1 saturated carbocycles. The third-order valence-electron chi connectivity index (χ3n) is 3.64. The zero-order chi connectivity index (χ0) is 11.4. The van der Waals surface area contributed by atoms with E-state index in [9.17, 15) is 5.11 Å². The van der Waals surface area contributed by atoms with E-state index in [4.69, 9.17) is 0 Å². The molecule has 1 aliphatic rings. The molecule has 2 N–H and O–H groups in total. The highest BCUT2D eigenvalue weighted by Crippen LogP contribution is 2.37. The SMILES string of the molecule is CNCC1(c2ccccn2)CCC(O)CC1. The van der Waals surface area contributed by atoms with Crippen LogP contribution in [-0.4, -0.2) is 29.8 Å². The Bertz CT molecular complexity index is 318. The summed E-state index contributed by atoms with van der Waals surface area (Å²) in [5.41, 5.74) is 1.28. The zero-order valence-electron chi connectivity index (χ0n) is 9.82. The molecule has 1 aliphatic carbocycles. The van der Waals surface area contributed by atoms with Crippen LogP contribution in [0, 0.1) is 0 Å². The van der Waals surface area contributed by atoms with Gasteiger partial charge < -0.3 is 10.4 Å². The largest absolute Gasteiger partial charge is 0.393 e. The van der Waals surface area contributed by atoms with E-state index in [1.807, 2.05) is 25.4 Å². The van der Waals surface area contributed by atoms with E-state index in [1.54, 1.807) is 0 Å². The Labute approximate surface area is 96.9 Å². The first-order valence-corrected chi connectivity index (χ1v) is 6.01. The molecule has 0 aromatic carbocycles. The number of rotatable bonds is 3. The van der Waals surface area contributed by atoms with Crippen LogP contribution in [0.1, 0.15) is 31.4 Å². The van der Waals surface area contributed by atoms with Crippen LogP contribution in [0.15, 0.2) is 24.4 Å². The lowest BCUT2D eigenvalue weighted by Crippen LogP contribution is -2.41. The standard InChI is InChI=1S/C13H20N2O/c1-14-10-13(7-5-11(16)6-8-13)12-4-2-3-9-15-12/h2-4,9,11,14,16H,5-8,10H2,1H3. The Hall–Kier alpha value is -0.930. The number of hydrogen-bond acceptors (Lipinski definition) is 3. The first kappa shape index (κ1) is 11.6. The molecule has 88 valence electrons. The quantitative estimate of drug-likeness (QED) is 0.811. The number of aliphatic hydroxyl groups is 1. The maximum atomic E-state index is 9.62. The van der Waals surface area contributed by atoms with Crippen molar-refractivity contribution >= 4 is 0 Å². The maximum absolute atomic E-state index is 9.62. The van der Waals surface area contributed by atoms with Gasteiger partial charge >= 0.3 is 0 Å². The second-order valence-corrected chi connectivity index (χ2v) is 4.76. The van der Waals surface area contributed by atoms with E-state index in [-0.39, 0.29) is 11.5 Å². The maximum Gasteiger partial charge on any atom is 0.0541 e. The van der Waals surface area contributed by atoms with Crippen LogP contribution < -0.4 is 5.32 Å². The van der Waals surface area contributed by atoms with Gasteiger partial charge in [0.25, 0.3) is 0 Å². The smallest absolute Gasteiger partial charge is 0.0541 e. The molecule has 0 radical (unpaired) electrons. The van der Waals surface area contributed by atoms with Gasteiger partial charge in [0.15, 0.2) is 0 Å². The van der Waals surface area contributed by atoms with Crippen molar-refractivity contribution in [2.45, 2.75) is 37.2 Å². The van der Waals surface area contributed by atoms with Gasteiger partial charge in [0.05, 0.1) is 6.10 Å². The molecule has 0 amide bonds.